The lowest BCUT2D eigenvalue weighted by atomic mass is 10.0. The number of amides is 1. The number of hydrogen-bond donors (Lipinski definition) is 4. The van der Waals surface area contributed by atoms with Crippen molar-refractivity contribution in [3.63, 3.8) is 0 Å². The summed E-state index contributed by atoms with van der Waals surface area (Å²) in [6.45, 7) is 7.65. The molecule has 6 nitrogen and oxygen atoms in total. The summed E-state index contributed by atoms with van der Waals surface area (Å²) in [5.41, 5.74) is 14.0. The number of carbonyl (C=O) groups is 1. The van der Waals surface area contributed by atoms with Crippen LogP contribution in [0.3, 0.4) is 0 Å². The Morgan fingerprint density at radius 3 is 2.27 bits per heavy atom. The lowest BCUT2D eigenvalue weighted by molar-refractivity contribution is 0.100. The number of aliphatic imine (C=N–C) groups is 1. The van der Waals surface area contributed by atoms with Crippen LogP contribution in [-0.4, -0.2) is 23.6 Å². The van der Waals surface area contributed by atoms with Crippen molar-refractivity contribution in [3.8, 4) is 0 Å². The van der Waals surface area contributed by atoms with Crippen LogP contribution in [-0.2, 0) is 0 Å². The van der Waals surface area contributed by atoms with E-state index >= 15 is 0 Å². The van der Waals surface area contributed by atoms with E-state index < -0.39 is 29.2 Å². The van der Waals surface area contributed by atoms with Crippen LogP contribution in [0, 0.1) is 18.6 Å². The van der Waals surface area contributed by atoms with Gasteiger partial charge in [0.2, 0.25) is 5.96 Å². The van der Waals surface area contributed by atoms with Gasteiger partial charge in [-0.25, -0.2) is 8.78 Å². The van der Waals surface area contributed by atoms with Crippen molar-refractivity contribution in [1.82, 2.24) is 10.6 Å². The summed E-state index contributed by atoms with van der Waals surface area (Å²) in [5, 5.41) is 6.02. The van der Waals surface area contributed by atoms with Gasteiger partial charge in [0, 0.05) is 17.1 Å². The van der Waals surface area contributed by atoms with Crippen molar-refractivity contribution in [3.05, 3.63) is 70.8 Å². The first-order valence-electron chi connectivity index (χ1n) is 9.65. The Bertz CT molecular complexity index is 907. The second kappa shape index (κ2) is 9.77. The fourth-order valence-electron chi connectivity index (χ4n) is 2.70. The maximum absolute atomic E-state index is 13.4. The zero-order chi connectivity index (χ0) is 22.5. The molecular weight excluding hydrogens is 388 g/mol. The fraction of sp³-hybridized carbons (Fsp3) is 0.364. The molecule has 8 heteroatoms. The van der Waals surface area contributed by atoms with E-state index in [9.17, 15) is 13.6 Å². The quantitative estimate of drug-likeness (QED) is 0.340. The number of guanidine groups is 1. The van der Waals surface area contributed by atoms with Crippen LogP contribution in [0.5, 0.6) is 0 Å². The Hall–Kier alpha value is -2.84. The van der Waals surface area contributed by atoms with E-state index in [1.54, 1.807) is 0 Å². The maximum Gasteiger partial charge on any atom is 0.280 e. The summed E-state index contributed by atoms with van der Waals surface area (Å²) >= 11 is 0. The first-order valence-corrected chi connectivity index (χ1v) is 9.65. The number of nitrogens with one attached hydrogen (secondary N) is 2. The molecule has 6 N–H and O–H groups in total. The van der Waals surface area contributed by atoms with Crippen LogP contribution in [0.1, 0.15) is 54.7 Å². The average Bonchev–Trinajstić information content (AvgIpc) is 2.62. The van der Waals surface area contributed by atoms with Crippen molar-refractivity contribution in [2.45, 2.75) is 51.9 Å². The lowest BCUT2D eigenvalue weighted by Crippen LogP contribution is -2.54. The Balaban J connectivity index is 2.15. The summed E-state index contributed by atoms with van der Waals surface area (Å²) in [4.78, 5) is 16.4. The highest BCUT2D eigenvalue weighted by atomic mass is 19.2. The Morgan fingerprint density at radius 1 is 1.07 bits per heavy atom. The van der Waals surface area contributed by atoms with E-state index in [1.807, 2.05) is 52.0 Å². The fourth-order valence-corrected chi connectivity index (χ4v) is 2.70. The Labute approximate surface area is 175 Å². The summed E-state index contributed by atoms with van der Waals surface area (Å²) in [6, 6.07) is 10.4. The summed E-state index contributed by atoms with van der Waals surface area (Å²) in [6.07, 6.45) is -0.222. The number of benzene rings is 2. The predicted octanol–water partition coefficient (Wildman–Crippen LogP) is 3.12. The molecule has 0 spiro atoms. The molecule has 0 aliphatic carbocycles. The molecule has 0 heterocycles. The molecule has 0 saturated carbocycles. The van der Waals surface area contributed by atoms with Gasteiger partial charge in [0.15, 0.2) is 11.6 Å². The second-order valence-corrected chi connectivity index (χ2v) is 8.27. The van der Waals surface area contributed by atoms with Gasteiger partial charge in [-0.1, -0.05) is 29.8 Å². The Morgan fingerprint density at radius 2 is 1.70 bits per heavy atom. The molecule has 0 aliphatic heterocycles. The topological polar surface area (TPSA) is 106 Å². The molecule has 162 valence electrons. The molecule has 2 atom stereocenters. The van der Waals surface area contributed by atoms with Gasteiger partial charge in [-0.3, -0.25) is 4.79 Å². The minimum atomic E-state index is -1.12. The van der Waals surface area contributed by atoms with Crippen molar-refractivity contribution in [2.24, 2.45) is 16.5 Å². The monoisotopic (exact) mass is 417 g/mol. The molecule has 0 aromatic heterocycles. The first kappa shape index (κ1) is 23.4. The number of nitrogens with zero attached hydrogens (tertiary/aromatic N) is 1. The molecule has 30 heavy (non-hydrogen) atoms. The van der Waals surface area contributed by atoms with Crippen LogP contribution in [0.25, 0.3) is 0 Å². The maximum atomic E-state index is 13.4. The molecule has 0 radical (unpaired) electrons. The second-order valence-electron chi connectivity index (χ2n) is 8.27. The lowest BCUT2D eigenvalue weighted by Gasteiger charge is -2.27. The molecule has 2 unspecified atom stereocenters. The largest absolute Gasteiger partial charge is 0.351 e. The SMILES string of the molecule is Cc1ccc(C(N)CC(N)N/C(=N\C(=O)c2ccc(F)c(F)c2)NC(C)(C)C)cc1. The third kappa shape index (κ3) is 7.20. The molecule has 0 aliphatic rings. The van der Waals surface area contributed by atoms with E-state index in [4.69, 9.17) is 11.5 Å². The number of hydrogen-bond acceptors (Lipinski definition) is 3. The molecule has 2 rings (SSSR count). The zero-order valence-corrected chi connectivity index (χ0v) is 17.7. The highest BCUT2D eigenvalue weighted by Crippen LogP contribution is 2.15. The van der Waals surface area contributed by atoms with Crippen LogP contribution in [0.15, 0.2) is 47.5 Å². The minimum absolute atomic E-state index is 0.0752. The highest BCUT2D eigenvalue weighted by molar-refractivity contribution is 6.02. The molecule has 2 aromatic rings. The van der Waals surface area contributed by atoms with E-state index in [-0.39, 0.29) is 17.6 Å². The smallest absolute Gasteiger partial charge is 0.280 e. The summed E-state index contributed by atoms with van der Waals surface area (Å²) in [7, 11) is 0. The molecule has 2 aromatic carbocycles. The van der Waals surface area contributed by atoms with Crippen LogP contribution < -0.4 is 22.1 Å². The third-order valence-electron chi connectivity index (χ3n) is 4.21. The van der Waals surface area contributed by atoms with Crippen LogP contribution >= 0.6 is 0 Å². The van der Waals surface area contributed by atoms with E-state index in [0.717, 1.165) is 23.3 Å². The van der Waals surface area contributed by atoms with Crippen molar-refractivity contribution in [2.75, 3.05) is 0 Å². The normalized spacial score (nSPS) is 14.2. The molecule has 1 amide bonds. The van der Waals surface area contributed by atoms with Crippen molar-refractivity contribution < 1.29 is 13.6 Å². The van der Waals surface area contributed by atoms with E-state index in [0.29, 0.717) is 6.42 Å². The van der Waals surface area contributed by atoms with Gasteiger partial charge in [0.05, 0.1) is 6.17 Å². The predicted molar refractivity (Wildman–Crippen MR) is 115 cm³/mol. The van der Waals surface area contributed by atoms with E-state index in [1.165, 1.54) is 6.07 Å². The van der Waals surface area contributed by atoms with Gasteiger partial charge < -0.3 is 22.1 Å². The molecule has 0 bridgehead atoms. The Kier molecular flexibility index (Phi) is 7.64. The molecule has 0 fully saturated rings. The number of carbonyl (C=O) groups excluding carboxylic acids is 1. The van der Waals surface area contributed by atoms with Gasteiger partial charge in [-0.15, -0.1) is 0 Å². The summed E-state index contributed by atoms with van der Waals surface area (Å²) in [5.74, 6) is -2.76. The van der Waals surface area contributed by atoms with Crippen LogP contribution in [0.4, 0.5) is 8.78 Å². The first-order chi connectivity index (χ1) is 13.9. The standard InChI is InChI=1S/C22H29F2N5O/c1-13-5-7-14(8-6-13)18(25)12-19(26)27-21(29-22(2,3)4)28-20(30)15-9-10-16(23)17(24)11-15/h5-11,18-19H,12,25-26H2,1-4H3,(H2,27,28,29,30). The molecular formula is C22H29F2N5O. The van der Waals surface area contributed by atoms with Crippen LogP contribution in [0.2, 0.25) is 0 Å². The zero-order valence-electron chi connectivity index (χ0n) is 17.7. The van der Waals surface area contributed by atoms with Gasteiger partial charge >= 0.3 is 0 Å². The van der Waals surface area contributed by atoms with Crippen molar-refractivity contribution in [1.29, 1.82) is 0 Å². The average molecular weight is 418 g/mol. The third-order valence-corrected chi connectivity index (χ3v) is 4.21. The van der Waals surface area contributed by atoms with Crippen molar-refractivity contribution >= 4 is 11.9 Å². The van der Waals surface area contributed by atoms with Gasteiger partial charge in [-0.05, 0) is 57.9 Å². The summed E-state index contributed by atoms with van der Waals surface area (Å²) < 4.78 is 26.6. The van der Waals surface area contributed by atoms with Gasteiger partial charge in [0.1, 0.15) is 0 Å². The van der Waals surface area contributed by atoms with E-state index in [2.05, 4.69) is 15.6 Å². The number of rotatable bonds is 5. The number of nitrogens with two attached hydrogens (primary N) is 2. The van der Waals surface area contributed by atoms with Gasteiger partial charge in [0.25, 0.3) is 5.91 Å². The highest BCUT2D eigenvalue weighted by Gasteiger charge is 2.19. The molecule has 0 saturated heterocycles. The number of halogens is 2. The van der Waals surface area contributed by atoms with Gasteiger partial charge in [-0.2, -0.15) is 4.99 Å². The minimum Gasteiger partial charge on any atom is -0.351 e. The number of aryl methyl sites for hydroxylation is 1.